The Balaban J connectivity index is 2.09. The Morgan fingerprint density at radius 3 is 2.45 bits per heavy atom. The van der Waals surface area contributed by atoms with E-state index in [4.69, 9.17) is 0 Å². The fourth-order valence-electron chi connectivity index (χ4n) is 3.80. The molecule has 1 aromatic carbocycles. The van der Waals surface area contributed by atoms with Crippen LogP contribution in [0.3, 0.4) is 0 Å². The average Bonchev–Trinajstić information content (AvgIpc) is 2.54. The number of likely N-dealkylation sites (tertiary alicyclic amines) is 1. The van der Waals surface area contributed by atoms with Crippen molar-refractivity contribution in [2.45, 2.75) is 59.3 Å². The summed E-state index contributed by atoms with van der Waals surface area (Å²) in [5, 5.41) is 0. The van der Waals surface area contributed by atoms with Crippen molar-refractivity contribution in [1.82, 2.24) is 4.90 Å². The van der Waals surface area contributed by atoms with Gasteiger partial charge in [0, 0.05) is 0 Å². The van der Waals surface area contributed by atoms with Gasteiger partial charge in [-0.25, -0.2) is 0 Å². The van der Waals surface area contributed by atoms with Crippen molar-refractivity contribution in [2.75, 3.05) is 19.6 Å². The van der Waals surface area contributed by atoms with Crippen LogP contribution in [0.4, 0.5) is 0 Å². The Hall–Kier alpha value is -1.08. The smallest absolute Gasteiger partial charge is 0.00103 e. The van der Waals surface area contributed by atoms with Gasteiger partial charge in [0.2, 0.25) is 0 Å². The summed E-state index contributed by atoms with van der Waals surface area (Å²) in [7, 11) is 0. The van der Waals surface area contributed by atoms with Crippen molar-refractivity contribution in [1.29, 1.82) is 0 Å². The summed E-state index contributed by atoms with van der Waals surface area (Å²) in [6.07, 6.45) is 7.86. The van der Waals surface area contributed by atoms with Crippen molar-refractivity contribution < 1.29 is 0 Å². The molecule has 0 spiro atoms. The van der Waals surface area contributed by atoms with Crippen LogP contribution in [0.1, 0.15) is 63.5 Å². The highest BCUT2D eigenvalue weighted by molar-refractivity contribution is 5.70. The predicted octanol–water partition coefficient (Wildman–Crippen LogP) is 5.69. The van der Waals surface area contributed by atoms with Crippen molar-refractivity contribution >= 4 is 5.57 Å². The lowest BCUT2D eigenvalue weighted by Crippen LogP contribution is -2.34. The minimum absolute atomic E-state index is 0.221. The monoisotopic (exact) mass is 299 g/mol. The number of rotatable bonds is 7. The molecule has 1 aliphatic rings. The van der Waals surface area contributed by atoms with E-state index in [-0.39, 0.29) is 5.41 Å². The van der Waals surface area contributed by atoms with Crippen molar-refractivity contribution in [3.05, 3.63) is 42.0 Å². The topological polar surface area (TPSA) is 3.24 Å². The molecular weight excluding hydrogens is 266 g/mol. The summed E-state index contributed by atoms with van der Waals surface area (Å²) in [4.78, 5) is 2.66. The third-order valence-electron chi connectivity index (χ3n) is 5.43. The maximum atomic E-state index is 4.52. The van der Waals surface area contributed by atoms with Crippen LogP contribution < -0.4 is 0 Å². The van der Waals surface area contributed by atoms with Gasteiger partial charge in [0.05, 0.1) is 0 Å². The summed E-state index contributed by atoms with van der Waals surface area (Å²) < 4.78 is 0. The highest BCUT2D eigenvalue weighted by Crippen LogP contribution is 2.42. The molecule has 1 atom stereocenters. The van der Waals surface area contributed by atoms with E-state index in [1.54, 1.807) is 0 Å². The van der Waals surface area contributed by atoms with Crippen LogP contribution in [-0.2, 0) is 0 Å². The second kappa shape index (κ2) is 7.97. The van der Waals surface area contributed by atoms with Gasteiger partial charge in [-0.15, -0.1) is 0 Å². The van der Waals surface area contributed by atoms with Gasteiger partial charge in [-0.2, -0.15) is 0 Å². The third kappa shape index (κ3) is 4.23. The van der Waals surface area contributed by atoms with Crippen LogP contribution in [0.25, 0.3) is 5.57 Å². The number of hydrogen-bond donors (Lipinski definition) is 0. The first-order valence-corrected chi connectivity index (χ1v) is 9.04. The average molecular weight is 300 g/mol. The molecular formula is C21H33N. The molecule has 1 aliphatic heterocycles. The number of benzene rings is 1. The summed E-state index contributed by atoms with van der Waals surface area (Å²) in [5.41, 5.74) is 4.27. The van der Waals surface area contributed by atoms with Crippen LogP contribution in [0.15, 0.2) is 30.8 Å². The normalized spacial score (nSPS) is 18.9. The van der Waals surface area contributed by atoms with E-state index < -0.39 is 0 Å². The van der Waals surface area contributed by atoms with E-state index in [2.05, 4.69) is 56.5 Å². The molecule has 1 fully saturated rings. The standard InChI is InChI=1S/C21H33N/c1-5-13-21(4,14-17-22-15-9-6-10-16-22)19(3)20-12-8-7-11-18(20)2/h7-8,11-12H,3,5-6,9-10,13-17H2,1-2,4H3. The van der Waals surface area contributed by atoms with E-state index in [0.717, 1.165) is 0 Å². The molecule has 0 aromatic heterocycles. The lowest BCUT2D eigenvalue weighted by Gasteiger charge is -2.36. The first-order chi connectivity index (χ1) is 10.6. The molecule has 1 aromatic rings. The third-order valence-corrected chi connectivity index (χ3v) is 5.43. The van der Waals surface area contributed by atoms with Crippen LogP contribution in [0.2, 0.25) is 0 Å². The largest absolute Gasteiger partial charge is 0.303 e. The minimum atomic E-state index is 0.221. The molecule has 0 saturated carbocycles. The second-order valence-corrected chi connectivity index (χ2v) is 7.26. The van der Waals surface area contributed by atoms with Crippen molar-refractivity contribution in [2.24, 2.45) is 5.41 Å². The Labute approximate surface area is 137 Å². The maximum absolute atomic E-state index is 4.52. The molecule has 2 rings (SSSR count). The Morgan fingerprint density at radius 2 is 1.82 bits per heavy atom. The zero-order chi connectivity index (χ0) is 16.0. The highest BCUT2D eigenvalue weighted by Gasteiger charge is 2.29. The first kappa shape index (κ1) is 17.3. The minimum Gasteiger partial charge on any atom is -0.303 e. The summed E-state index contributed by atoms with van der Waals surface area (Å²) in [6.45, 7) is 15.3. The highest BCUT2D eigenvalue weighted by atomic mass is 15.1. The van der Waals surface area contributed by atoms with Crippen molar-refractivity contribution in [3.8, 4) is 0 Å². The molecule has 0 bridgehead atoms. The second-order valence-electron chi connectivity index (χ2n) is 7.26. The van der Waals surface area contributed by atoms with Gasteiger partial charge in [-0.1, -0.05) is 57.5 Å². The molecule has 0 radical (unpaired) electrons. The lowest BCUT2D eigenvalue weighted by atomic mass is 9.72. The van der Waals surface area contributed by atoms with Gasteiger partial charge in [0.1, 0.15) is 0 Å². The fraction of sp³-hybridized carbons (Fsp3) is 0.619. The molecule has 0 amide bonds. The van der Waals surface area contributed by atoms with E-state index in [9.17, 15) is 0 Å². The molecule has 0 aliphatic carbocycles. The quantitative estimate of drug-likeness (QED) is 0.625. The van der Waals surface area contributed by atoms with E-state index >= 15 is 0 Å². The molecule has 1 nitrogen and oxygen atoms in total. The van der Waals surface area contributed by atoms with Crippen LogP contribution in [-0.4, -0.2) is 24.5 Å². The molecule has 122 valence electrons. The zero-order valence-corrected chi connectivity index (χ0v) is 14.8. The molecule has 22 heavy (non-hydrogen) atoms. The number of hydrogen-bond acceptors (Lipinski definition) is 1. The van der Waals surface area contributed by atoms with Crippen molar-refractivity contribution in [3.63, 3.8) is 0 Å². The predicted molar refractivity (Wildman–Crippen MR) is 98.1 cm³/mol. The molecule has 1 heterocycles. The van der Waals surface area contributed by atoms with Gasteiger partial charge in [0.25, 0.3) is 0 Å². The first-order valence-electron chi connectivity index (χ1n) is 9.04. The van der Waals surface area contributed by atoms with Gasteiger partial charge in [-0.05, 0) is 74.4 Å². The number of allylic oxidation sites excluding steroid dienone is 1. The SMILES string of the molecule is C=C(c1ccccc1C)C(C)(CCC)CCN1CCCCC1. The zero-order valence-electron chi connectivity index (χ0n) is 14.8. The van der Waals surface area contributed by atoms with E-state index in [1.165, 1.54) is 74.9 Å². The maximum Gasteiger partial charge on any atom is -0.00103 e. The number of piperidine rings is 1. The van der Waals surface area contributed by atoms with E-state index in [1.807, 2.05) is 0 Å². The Bertz CT molecular complexity index is 484. The van der Waals surface area contributed by atoms with Crippen LogP contribution >= 0.6 is 0 Å². The van der Waals surface area contributed by atoms with Crippen LogP contribution in [0, 0.1) is 12.3 Å². The van der Waals surface area contributed by atoms with E-state index in [0.29, 0.717) is 0 Å². The molecule has 1 saturated heterocycles. The molecule has 1 unspecified atom stereocenters. The summed E-state index contributed by atoms with van der Waals surface area (Å²) in [5.74, 6) is 0. The number of aryl methyl sites for hydroxylation is 1. The Kier molecular flexibility index (Phi) is 6.26. The summed E-state index contributed by atoms with van der Waals surface area (Å²) in [6, 6.07) is 8.71. The summed E-state index contributed by atoms with van der Waals surface area (Å²) >= 11 is 0. The van der Waals surface area contributed by atoms with Gasteiger partial charge in [0.15, 0.2) is 0 Å². The van der Waals surface area contributed by atoms with Gasteiger partial charge < -0.3 is 4.90 Å². The Morgan fingerprint density at radius 1 is 1.14 bits per heavy atom. The molecule has 1 heteroatoms. The van der Waals surface area contributed by atoms with Gasteiger partial charge in [-0.3, -0.25) is 0 Å². The number of nitrogens with zero attached hydrogens (tertiary/aromatic N) is 1. The van der Waals surface area contributed by atoms with Crippen LogP contribution in [0.5, 0.6) is 0 Å². The van der Waals surface area contributed by atoms with Gasteiger partial charge >= 0.3 is 0 Å². The lowest BCUT2D eigenvalue weighted by molar-refractivity contribution is 0.198. The fourth-order valence-corrected chi connectivity index (χ4v) is 3.80. The molecule has 0 N–H and O–H groups in total.